The fraction of sp³-hybridized carbons (Fsp3) is 0.538. The van der Waals surface area contributed by atoms with Gasteiger partial charge in [0.05, 0.1) is 17.6 Å². The summed E-state index contributed by atoms with van der Waals surface area (Å²) in [6, 6.07) is 4.10. The van der Waals surface area contributed by atoms with Gasteiger partial charge in [-0.05, 0) is 37.0 Å². The second-order valence-electron chi connectivity index (χ2n) is 4.84. The lowest BCUT2D eigenvalue weighted by Gasteiger charge is -2.19. The smallest absolute Gasteiger partial charge is 0.240 e. The molecule has 112 valence electrons. The van der Waals surface area contributed by atoms with Crippen LogP contribution in [0.15, 0.2) is 23.1 Å². The third-order valence-corrected chi connectivity index (χ3v) is 5.41. The van der Waals surface area contributed by atoms with Crippen LogP contribution in [0.4, 0.5) is 0 Å². The van der Waals surface area contributed by atoms with E-state index >= 15 is 0 Å². The molecule has 0 aromatic heterocycles. The van der Waals surface area contributed by atoms with Crippen LogP contribution in [0.2, 0.25) is 5.02 Å². The molecule has 0 aliphatic heterocycles. The number of aliphatic hydroxyl groups excluding tert-OH is 1. The highest BCUT2D eigenvalue weighted by Gasteiger charge is 2.31. The lowest BCUT2D eigenvalue weighted by Crippen LogP contribution is -2.40. The van der Waals surface area contributed by atoms with Crippen molar-refractivity contribution >= 4 is 21.6 Å². The van der Waals surface area contributed by atoms with Gasteiger partial charge in [-0.3, -0.25) is 0 Å². The molecule has 0 heterocycles. The van der Waals surface area contributed by atoms with Gasteiger partial charge in [0.2, 0.25) is 10.0 Å². The van der Waals surface area contributed by atoms with E-state index in [0.717, 1.165) is 19.3 Å². The van der Waals surface area contributed by atoms with Crippen LogP contribution in [0.25, 0.3) is 0 Å². The fourth-order valence-electron chi connectivity index (χ4n) is 2.43. The average Bonchev–Trinajstić information content (AvgIpc) is 2.85. The van der Waals surface area contributed by atoms with Crippen molar-refractivity contribution in [1.29, 1.82) is 0 Å². The standard InChI is InChI=1S/C13H18ClNO4S/c1-19-13-4-2-3-12(13)15-20(17,18)10-6-5-9(8-16)11(14)7-10/h5-7,12-13,15-16H,2-4,8H2,1H3. The quantitative estimate of drug-likeness (QED) is 0.866. The summed E-state index contributed by atoms with van der Waals surface area (Å²) in [6.45, 7) is -0.221. The Morgan fingerprint density at radius 1 is 1.45 bits per heavy atom. The van der Waals surface area contributed by atoms with Crippen molar-refractivity contribution in [3.05, 3.63) is 28.8 Å². The zero-order chi connectivity index (χ0) is 14.8. The number of benzene rings is 1. The zero-order valence-electron chi connectivity index (χ0n) is 11.2. The van der Waals surface area contributed by atoms with E-state index in [1.54, 1.807) is 7.11 Å². The maximum absolute atomic E-state index is 12.3. The second-order valence-corrected chi connectivity index (χ2v) is 6.97. The Balaban J connectivity index is 2.20. The molecule has 2 rings (SSSR count). The molecule has 2 unspecified atom stereocenters. The molecule has 5 nitrogen and oxygen atoms in total. The van der Waals surface area contributed by atoms with Crippen LogP contribution >= 0.6 is 11.6 Å². The predicted molar refractivity (Wildman–Crippen MR) is 76.1 cm³/mol. The monoisotopic (exact) mass is 319 g/mol. The Kier molecular flexibility index (Phi) is 5.04. The Labute approximate surface area is 124 Å². The molecule has 0 bridgehead atoms. The molecule has 1 aromatic carbocycles. The van der Waals surface area contributed by atoms with Gasteiger partial charge in [-0.1, -0.05) is 17.7 Å². The first kappa shape index (κ1) is 15.7. The van der Waals surface area contributed by atoms with Crippen molar-refractivity contribution in [2.24, 2.45) is 0 Å². The highest BCUT2D eigenvalue weighted by atomic mass is 35.5. The van der Waals surface area contributed by atoms with Gasteiger partial charge in [0.1, 0.15) is 0 Å². The van der Waals surface area contributed by atoms with E-state index < -0.39 is 10.0 Å². The zero-order valence-corrected chi connectivity index (χ0v) is 12.7. The van der Waals surface area contributed by atoms with Crippen molar-refractivity contribution in [2.75, 3.05) is 7.11 Å². The van der Waals surface area contributed by atoms with Gasteiger partial charge in [-0.2, -0.15) is 0 Å². The van der Waals surface area contributed by atoms with Crippen molar-refractivity contribution in [2.45, 2.75) is 42.9 Å². The third-order valence-electron chi connectivity index (χ3n) is 3.57. The Morgan fingerprint density at radius 3 is 2.80 bits per heavy atom. The molecule has 1 aliphatic rings. The van der Waals surface area contributed by atoms with Gasteiger partial charge in [0, 0.05) is 18.2 Å². The Morgan fingerprint density at radius 2 is 2.20 bits per heavy atom. The van der Waals surface area contributed by atoms with Crippen molar-refractivity contribution in [3.8, 4) is 0 Å². The molecule has 0 spiro atoms. The van der Waals surface area contributed by atoms with Crippen LogP contribution in [0.1, 0.15) is 24.8 Å². The summed E-state index contributed by atoms with van der Waals surface area (Å²) < 4.78 is 32.6. The molecule has 1 saturated carbocycles. The maximum Gasteiger partial charge on any atom is 0.240 e. The van der Waals surface area contributed by atoms with E-state index in [-0.39, 0.29) is 28.7 Å². The molecule has 1 fully saturated rings. The third kappa shape index (κ3) is 3.32. The summed E-state index contributed by atoms with van der Waals surface area (Å²) in [5.41, 5.74) is 0.501. The topological polar surface area (TPSA) is 75.6 Å². The number of sulfonamides is 1. The summed E-state index contributed by atoms with van der Waals surface area (Å²) in [7, 11) is -2.04. The number of hydrogen-bond acceptors (Lipinski definition) is 4. The highest BCUT2D eigenvalue weighted by Crippen LogP contribution is 2.25. The lowest BCUT2D eigenvalue weighted by molar-refractivity contribution is 0.0916. The van der Waals surface area contributed by atoms with Crippen molar-refractivity contribution < 1.29 is 18.3 Å². The van der Waals surface area contributed by atoms with Crippen LogP contribution in [-0.2, 0) is 21.4 Å². The summed E-state index contributed by atoms with van der Waals surface area (Å²) >= 11 is 5.93. The fourth-order valence-corrected chi connectivity index (χ4v) is 4.06. The van der Waals surface area contributed by atoms with Crippen LogP contribution in [0.3, 0.4) is 0 Å². The molecule has 7 heteroatoms. The van der Waals surface area contributed by atoms with E-state index in [1.165, 1.54) is 18.2 Å². The SMILES string of the molecule is COC1CCCC1NS(=O)(=O)c1ccc(CO)c(Cl)c1. The lowest BCUT2D eigenvalue weighted by atomic mass is 10.2. The number of ether oxygens (including phenoxy) is 1. The molecular formula is C13H18ClNO4S. The number of nitrogens with one attached hydrogen (secondary N) is 1. The number of hydrogen-bond donors (Lipinski definition) is 2. The molecule has 1 aliphatic carbocycles. The first-order chi connectivity index (χ1) is 9.47. The van der Waals surface area contributed by atoms with Gasteiger partial charge < -0.3 is 9.84 Å². The maximum atomic E-state index is 12.3. The number of rotatable bonds is 5. The van der Waals surface area contributed by atoms with E-state index in [0.29, 0.717) is 5.56 Å². The van der Waals surface area contributed by atoms with E-state index in [2.05, 4.69) is 4.72 Å². The Bertz CT molecular complexity index is 576. The Hall–Kier alpha value is -0.660. The van der Waals surface area contributed by atoms with Gasteiger partial charge in [0.15, 0.2) is 0 Å². The molecule has 0 amide bonds. The van der Waals surface area contributed by atoms with Crippen molar-refractivity contribution in [1.82, 2.24) is 4.72 Å². The first-order valence-corrected chi connectivity index (χ1v) is 8.28. The van der Waals surface area contributed by atoms with Gasteiger partial charge >= 0.3 is 0 Å². The molecule has 2 N–H and O–H groups in total. The second kappa shape index (κ2) is 6.41. The average molecular weight is 320 g/mol. The minimum Gasteiger partial charge on any atom is -0.392 e. The summed E-state index contributed by atoms with van der Waals surface area (Å²) in [5, 5.41) is 9.28. The van der Waals surface area contributed by atoms with Crippen LogP contribution < -0.4 is 4.72 Å². The summed E-state index contributed by atoms with van der Waals surface area (Å²) in [4.78, 5) is 0.0986. The van der Waals surface area contributed by atoms with Gasteiger partial charge in [-0.15, -0.1) is 0 Å². The minimum absolute atomic E-state index is 0.0861. The molecule has 20 heavy (non-hydrogen) atoms. The van der Waals surface area contributed by atoms with E-state index in [1.807, 2.05) is 0 Å². The molecule has 0 saturated heterocycles. The van der Waals surface area contributed by atoms with Crippen LogP contribution in [0.5, 0.6) is 0 Å². The number of halogens is 1. The number of methoxy groups -OCH3 is 1. The highest BCUT2D eigenvalue weighted by molar-refractivity contribution is 7.89. The van der Waals surface area contributed by atoms with E-state index in [9.17, 15) is 8.42 Å². The van der Waals surface area contributed by atoms with E-state index in [4.69, 9.17) is 21.4 Å². The normalized spacial score (nSPS) is 23.1. The predicted octanol–water partition coefficient (Wildman–Crippen LogP) is 1.68. The number of aliphatic hydroxyl groups is 1. The van der Waals surface area contributed by atoms with Gasteiger partial charge in [0.25, 0.3) is 0 Å². The molecular weight excluding hydrogens is 302 g/mol. The summed E-state index contributed by atoms with van der Waals surface area (Å²) in [6.07, 6.45) is 2.47. The summed E-state index contributed by atoms with van der Waals surface area (Å²) in [5.74, 6) is 0. The minimum atomic E-state index is -3.63. The largest absolute Gasteiger partial charge is 0.392 e. The van der Waals surface area contributed by atoms with Gasteiger partial charge in [-0.25, -0.2) is 13.1 Å². The molecule has 2 atom stereocenters. The molecule has 1 aromatic rings. The molecule has 0 radical (unpaired) electrons. The van der Waals surface area contributed by atoms with Crippen LogP contribution in [0, 0.1) is 0 Å². The van der Waals surface area contributed by atoms with Crippen LogP contribution in [-0.4, -0.2) is 32.8 Å². The van der Waals surface area contributed by atoms with Crippen molar-refractivity contribution in [3.63, 3.8) is 0 Å². The first-order valence-electron chi connectivity index (χ1n) is 6.42.